The van der Waals surface area contributed by atoms with E-state index in [0.717, 1.165) is 21.6 Å². The van der Waals surface area contributed by atoms with Gasteiger partial charge in [0.2, 0.25) is 0 Å². The standard InChI is InChI=1S/C16H14ClN3O3S/c1-8-10-7-13(16(22)23-9(2)14(18)21)24-15(10)20(19-8)12-6-4-3-5-11(12)17/h3-7,9H,1-2H3,(H2,18,21). The maximum atomic E-state index is 12.2. The molecule has 1 unspecified atom stereocenters. The van der Waals surface area contributed by atoms with Crippen molar-refractivity contribution in [2.75, 3.05) is 0 Å². The largest absolute Gasteiger partial charge is 0.448 e. The van der Waals surface area contributed by atoms with E-state index >= 15 is 0 Å². The number of esters is 1. The molecule has 0 aliphatic rings. The Bertz CT molecular complexity index is 947. The Labute approximate surface area is 146 Å². The number of primary amides is 1. The topological polar surface area (TPSA) is 87.2 Å². The van der Waals surface area contributed by atoms with Gasteiger partial charge in [0, 0.05) is 5.39 Å². The number of ether oxygens (including phenoxy) is 1. The number of carbonyl (C=O) groups excluding carboxylic acids is 2. The van der Waals surface area contributed by atoms with E-state index in [1.165, 1.54) is 18.3 Å². The maximum absolute atomic E-state index is 12.2. The van der Waals surface area contributed by atoms with Crippen LogP contribution in [0.25, 0.3) is 15.9 Å². The highest BCUT2D eigenvalue weighted by Crippen LogP contribution is 2.32. The molecule has 124 valence electrons. The number of fused-ring (bicyclic) bond motifs is 1. The molecule has 0 fully saturated rings. The van der Waals surface area contributed by atoms with Crippen LogP contribution in [0.2, 0.25) is 5.02 Å². The summed E-state index contributed by atoms with van der Waals surface area (Å²) in [5.74, 6) is -1.28. The second-order valence-electron chi connectivity index (χ2n) is 5.23. The van der Waals surface area contributed by atoms with Crippen molar-refractivity contribution in [2.45, 2.75) is 20.0 Å². The van der Waals surface area contributed by atoms with Crippen LogP contribution in [0.15, 0.2) is 30.3 Å². The van der Waals surface area contributed by atoms with Gasteiger partial charge in [-0.1, -0.05) is 23.7 Å². The Morgan fingerprint density at radius 3 is 2.75 bits per heavy atom. The number of carbonyl (C=O) groups is 2. The summed E-state index contributed by atoms with van der Waals surface area (Å²) in [6.45, 7) is 3.29. The first-order chi connectivity index (χ1) is 11.4. The number of nitrogens with two attached hydrogens (primary N) is 1. The normalized spacial score (nSPS) is 12.3. The van der Waals surface area contributed by atoms with E-state index < -0.39 is 18.0 Å². The summed E-state index contributed by atoms with van der Waals surface area (Å²) in [6, 6.07) is 9.02. The van der Waals surface area contributed by atoms with Crippen LogP contribution in [0.1, 0.15) is 22.3 Å². The molecule has 0 radical (unpaired) electrons. The Kier molecular flexibility index (Phi) is 4.29. The van der Waals surface area contributed by atoms with Crippen LogP contribution in [0.5, 0.6) is 0 Å². The maximum Gasteiger partial charge on any atom is 0.349 e. The molecular formula is C16H14ClN3O3S. The number of benzene rings is 1. The summed E-state index contributed by atoms with van der Waals surface area (Å²) in [5.41, 5.74) is 6.61. The molecule has 3 rings (SSSR count). The van der Waals surface area contributed by atoms with E-state index in [1.54, 1.807) is 16.8 Å². The predicted molar refractivity (Wildman–Crippen MR) is 92.8 cm³/mol. The van der Waals surface area contributed by atoms with E-state index in [4.69, 9.17) is 22.1 Å². The zero-order valence-corrected chi connectivity index (χ0v) is 14.5. The SMILES string of the molecule is Cc1nn(-c2ccccc2Cl)c2sc(C(=O)OC(C)C(N)=O)cc12. The first kappa shape index (κ1) is 16.5. The van der Waals surface area contributed by atoms with Crippen molar-refractivity contribution < 1.29 is 14.3 Å². The number of rotatable bonds is 4. The van der Waals surface area contributed by atoms with Gasteiger partial charge >= 0.3 is 5.97 Å². The van der Waals surface area contributed by atoms with Gasteiger partial charge in [-0.05, 0) is 32.0 Å². The lowest BCUT2D eigenvalue weighted by Gasteiger charge is -2.08. The van der Waals surface area contributed by atoms with Gasteiger partial charge in [-0.2, -0.15) is 5.10 Å². The van der Waals surface area contributed by atoms with E-state index in [1.807, 2.05) is 25.1 Å². The number of thiophene rings is 1. The highest BCUT2D eigenvalue weighted by molar-refractivity contribution is 7.20. The molecule has 0 saturated carbocycles. The number of para-hydroxylation sites is 1. The number of nitrogens with zero attached hydrogens (tertiary/aromatic N) is 2. The molecule has 2 heterocycles. The molecule has 1 aromatic carbocycles. The monoisotopic (exact) mass is 363 g/mol. The molecule has 0 spiro atoms. The van der Waals surface area contributed by atoms with Crippen molar-refractivity contribution in [1.29, 1.82) is 0 Å². The number of aryl methyl sites for hydroxylation is 1. The molecule has 24 heavy (non-hydrogen) atoms. The number of amides is 1. The number of halogens is 1. The van der Waals surface area contributed by atoms with E-state index in [-0.39, 0.29) is 0 Å². The lowest BCUT2D eigenvalue weighted by atomic mass is 10.3. The molecule has 1 amide bonds. The van der Waals surface area contributed by atoms with E-state index in [9.17, 15) is 9.59 Å². The fraction of sp³-hybridized carbons (Fsp3) is 0.188. The number of hydrogen-bond acceptors (Lipinski definition) is 5. The quantitative estimate of drug-likeness (QED) is 0.721. The van der Waals surface area contributed by atoms with Gasteiger partial charge < -0.3 is 10.5 Å². The molecule has 6 nitrogen and oxygen atoms in total. The van der Waals surface area contributed by atoms with Crippen molar-refractivity contribution in [3.8, 4) is 5.69 Å². The first-order valence-corrected chi connectivity index (χ1v) is 8.32. The molecule has 2 aromatic heterocycles. The average molecular weight is 364 g/mol. The Balaban J connectivity index is 2.03. The van der Waals surface area contributed by atoms with Crippen molar-refractivity contribution in [1.82, 2.24) is 9.78 Å². The fourth-order valence-electron chi connectivity index (χ4n) is 2.21. The zero-order chi connectivity index (χ0) is 17.4. The molecular weight excluding hydrogens is 350 g/mol. The van der Waals surface area contributed by atoms with E-state index in [0.29, 0.717) is 9.90 Å². The summed E-state index contributed by atoms with van der Waals surface area (Å²) in [7, 11) is 0. The van der Waals surface area contributed by atoms with Crippen LogP contribution in [-0.2, 0) is 9.53 Å². The second-order valence-corrected chi connectivity index (χ2v) is 6.67. The molecule has 0 aliphatic heterocycles. The minimum atomic E-state index is -0.983. The van der Waals surface area contributed by atoms with Gasteiger partial charge in [0.15, 0.2) is 6.10 Å². The third-order valence-electron chi connectivity index (χ3n) is 3.51. The summed E-state index contributed by atoms with van der Waals surface area (Å²) < 4.78 is 6.75. The van der Waals surface area contributed by atoms with Crippen molar-refractivity contribution in [3.05, 3.63) is 45.9 Å². The van der Waals surface area contributed by atoms with Gasteiger partial charge in [0.1, 0.15) is 9.71 Å². The van der Waals surface area contributed by atoms with Crippen LogP contribution < -0.4 is 5.73 Å². The number of hydrogen-bond donors (Lipinski definition) is 1. The molecule has 2 N–H and O–H groups in total. The average Bonchev–Trinajstić information content (AvgIpc) is 3.09. The smallest absolute Gasteiger partial charge is 0.349 e. The second kappa shape index (κ2) is 6.26. The van der Waals surface area contributed by atoms with E-state index in [2.05, 4.69) is 5.10 Å². The lowest BCUT2D eigenvalue weighted by molar-refractivity contribution is -0.125. The zero-order valence-electron chi connectivity index (χ0n) is 12.9. The molecule has 8 heteroatoms. The van der Waals surface area contributed by atoms with Crippen LogP contribution in [0, 0.1) is 6.92 Å². The highest BCUT2D eigenvalue weighted by atomic mass is 35.5. The van der Waals surface area contributed by atoms with Crippen molar-refractivity contribution in [2.24, 2.45) is 5.73 Å². The van der Waals surface area contributed by atoms with Gasteiger partial charge in [0.05, 0.1) is 16.4 Å². The molecule has 0 bridgehead atoms. The van der Waals surface area contributed by atoms with Gasteiger partial charge in [-0.25, -0.2) is 9.48 Å². The van der Waals surface area contributed by atoms with Crippen molar-refractivity contribution >= 4 is 45.0 Å². The first-order valence-electron chi connectivity index (χ1n) is 7.13. The fourth-order valence-corrected chi connectivity index (χ4v) is 3.49. The molecule has 3 aromatic rings. The third-order valence-corrected chi connectivity index (χ3v) is 4.92. The minimum absolute atomic E-state index is 0.374. The molecule has 1 atom stereocenters. The van der Waals surface area contributed by atoms with Gasteiger partial charge in [-0.15, -0.1) is 11.3 Å². The summed E-state index contributed by atoms with van der Waals surface area (Å²) in [5, 5.41) is 5.88. The van der Waals surface area contributed by atoms with Crippen LogP contribution in [-0.4, -0.2) is 27.8 Å². The summed E-state index contributed by atoms with van der Waals surface area (Å²) in [6.07, 6.45) is -0.983. The van der Waals surface area contributed by atoms with Crippen molar-refractivity contribution in [3.63, 3.8) is 0 Å². The Morgan fingerprint density at radius 2 is 2.08 bits per heavy atom. The van der Waals surface area contributed by atoms with Crippen LogP contribution in [0.3, 0.4) is 0 Å². The van der Waals surface area contributed by atoms with Gasteiger partial charge in [0.25, 0.3) is 5.91 Å². The lowest BCUT2D eigenvalue weighted by Crippen LogP contribution is -2.30. The minimum Gasteiger partial charge on any atom is -0.448 e. The number of aromatic nitrogens is 2. The summed E-state index contributed by atoms with van der Waals surface area (Å²) >= 11 is 7.47. The Hall–Kier alpha value is -2.38. The predicted octanol–water partition coefficient (Wildman–Crippen LogP) is 3.08. The Morgan fingerprint density at radius 1 is 1.38 bits per heavy atom. The van der Waals surface area contributed by atoms with Crippen LogP contribution in [0.4, 0.5) is 0 Å². The highest BCUT2D eigenvalue weighted by Gasteiger charge is 2.21. The van der Waals surface area contributed by atoms with Crippen LogP contribution >= 0.6 is 22.9 Å². The summed E-state index contributed by atoms with van der Waals surface area (Å²) in [4.78, 5) is 24.4. The third kappa shape index (κ3) is 2.88. The van der Waals surface area contributed by atoms with Gasteiger partial charge in [-0.3, -0.25) is 4.79 Å². The molecule has 0 saturated heterocycles. The molecule has 0 aliphatic carbocycles.